The van der Waals surface area contributed by atoms with Crippen molar-refractivity contribution in [3.05, 3.63) is 70.5 Å². The fourth-order valence-electron chi connectivity index (χ4n) is 3.40. The zero-order valence-corrected chi connectivity index (χ0v) is 17.9. The summed E-state index contributed by atoms with van der Waals surface area (Å²) < 4.78 is 5.03. The number of nitrogens with one attached hydrogen (secondary N) is 1. The lowest BCUT2D eigenvalue weighted by Gasteiger charge is -2.34. The van der Waals surface area contributed by atoms with Gasteiger partial charge in [0.15, 0.2) is 5.76 Å². The van der Waals surface area contributed by atoms with Crippen LogP contribution in [0, 0.1) is 0 Å². The maximum Gasteiger partial charge on any atom is 0.287 e. The highest BCUT2D eigenvalue weighted by Crippen LogP contribution is 2.30. The van der Waals surface area contributed by atoms with Crippen LogP contribution in [0.3, 0.4) is 0 Å². The van der Waals surface area contributed by atoms with E-state index in [0.717, 1.165) is 30.2 Å². The molecule has 0 radical (unpaired) electrons. The van der Waals surface area contributed by atoms with E-state index in [1.807, 2.05) is 18.2 Å². The molecule has 2 aromatic heterocycles. The first kappa shape index (κ1) is 20.7. The Bertz CT molecular complexity index is 1010. The van der Waals surface area contributed by atoms with Gasteiger partial charge in [-0.3, -0.25) is 14.5 Å². The number of rotatable bonds is 6. The summed E-state index contributed by atoms with van der Waals surface area (Å²) in [5.74, 6) is -0.241. The van der Waals surface area contributed by atoms with Gasteiger partial charge in [-0.2, -0.15) is 0 Å². The van der Waals surface area contributed by atoms with E-state index >= 15 is 0 Å². The molecule has 1 saturated heterocycles. The minimum absolute atomic E-state index is 0.0204. The summed E-state index contributed by atoms with van der Waals surface area (Å²) in [6, 6.07) is 15.4. The third-order valence-corrected chi connectivity index (χ3v) is 6.37. The van der Waals surface area contributed by atoms with Gasteiger partial charge >= 0.3 is 0 Å². The molecule has 1 aliphatic rings. The van der Waals surface area contributed by atoms with Crippen LogP contribution in [0.2, 0.25) is 5.02 Å². The number of hydrogen-bond donors (Lipinski definition) is 1. The molecular formula is C22H22ClN3O3S. The molecule has 8 heteroatoms. The molecule has 3 heterocycles. The molecule has 0 aliphatic carbocycles. The third kappa shape index (κ3) is 5.11. The van der Waals surface area contributed by atoms with Crippen molar-refractivity contribution in [1.82, 2.24) is 15.1 Å². The lowest BCUT2D eigenvalue weighted by atomic mass is 10.2. The maximum absolute atomic E-state index is 12.4. The van der Waals surface area contributed by atoms with Gasteiger partial charge in [-0.05, 0) is 42.0 Å². The highest BCUT2D eigenvalue weighted by molar-refractivity contribution is 7.15. The number of nitrogens with zero attached hydrogens (tertiary/aromatic N) is 2. The Morgan fingerprint density at radius 3 is 2.63 bits per heavy atom. The molecule has 1 aromatic carbocycles. The average Bonchev–Trinajstić information content (AvgIpc) is 3.45. The molecule has 3 aromatic rings. The van der Waals surface area contributed by atoms with Gasteiger partial charge < -0.3 is 14.6 Å². The first-order chi connectivity index (χ1) is 14.6. The number of amides is 2. The zero-order valence-electron chi connectivity index (χ0n) is 16.3. The van der Waals surface area contributed by atoms with Gasteiger partial charge in [0.2, 0.25) is 5.91 Å². The first-order valence-corrected chi connectivity index (χ1v) is 10.9. The minimum atomic E-state index is -0.375. The van der Waals surface area contributed by atoms with E-state index in [9.17, 15) is 9.59 Å². The standard InChI is InChI=1S/C22H22ClN3O3S/c23-17-4-1-3-16(13-17)20-7-6-18(30-20)15-25-8-10-26(11-9-25)21(27)14-24-22(28)19-5-2-12-29-19/h1-7,12-13H,8-11,14-15H2,(H,24,28). The molecule has 1 fully saturated rings. The van der Waals surface area contributed by atoms with Crippen LogP contribution in [0.25, 0.3) is 10.4 Å². The average molecular weight is 444 g/mol. The van der Waals surface area contributed by atoms with Gasteiger partial charge in [-0.15, -0.1) is 11.3 Å². The van der Waals surface area contributed by atoms with Crippen LogP contribution >= 0.6 is 22.9 Å². The summed E-state index contributed by atoms with van der Waals surface area (Å²) in [5, 5.41) is 3.35. The molecule has 0 atom stereocenters. The summed E-state index contributed by atoms with van der Waals surface area (Å²) in [7, 11) is 0. The van der Waals surface area contributed by atoms with Crippen molar-refractivity contribution >= 4 is 34.8 Å². The van der Waals surface area contributed by atoms with E-state index < -0.39 is 0 Å². The largest absolute Gasteiger partial charge is 0.459 e. The fourth-order valence-corrected chi connectivity index (χ4v) is 4.63. The Kier molecular flexibility index (Phi) is 6.52. The smallest absolute Gasteiger partial charge is 0.287 e. The first-order valence-electron chi connectivity index (χ1n) is 9.75. The second-order valence-electron chi connectivity index (χ2n) is 7.09. The molecule has 30 heavy (non-hydrogen) atoms. The quantitative estimate of drug-likeness (QED) is 0.630. The Morgan fingerprint density at radius 2 is 1.90 bits per heavy atom. The Morgan fingerprint density at radius 1 is 1.07 bits per heavy atom. The molecule has 0 saturated carbocycles. The molecule has 1 aliphatic heterocycles. The van der Waals surface area contributed by atoms with Crippen molar-refractivity contribution in [3.8, 4) is 10.4 Å². The Hall–Kier alpha value is -2.61. The second-order valence-corrected chi connectivity index (χ2v) is 8.70. The Balaban J connectivity index is 1.24. The molecule has 0 bridgehead atoms. The third-order valence-electron chi connectivity index (χ3n) is 5.02. The van der Waals surface area contributed by atoms with Gasteiger partial charge in [0, 0.05) is 47.5 Å². The normalized spacial score (nSPS) is 14.6. The minimum Gasteiger partial charge on any atom is -0.459 e. The molecule has 2 amide bonds. The van der Waals surface area contributed by atoms with Gasteiger partial charge in [-0.1, -0.05) is 23.7 Å². The number of carbonyl (C=O) groups is 2. The number of thiophene rings is 1. The van der Waals surface area contributed by atoms with Crippen LogP contribution in [0.4, 0.5) is 0 Å². The van der Waals surface area contributed by atoms with Crippen molar-refractivity contribution in [2.75, 3.05) is 32.7 Å². The summed E-state index contributed by atoms with van der Waals surface area (Å²) in [6.07, 6.45) is 1.43. The van der Waals surface area contributed by atoms with E-state index in [4.69, 9.17) is 16.0 Å². The predicted octanol–water partition coefficient (Wildman–Crippen LogP) is 3.74. The molecule has 1 N–H and O–H groups in total. The van der Waals surface area contributed by atoms with E-state index in [0.29, 0.717) is 13.1 Å². The van der Waals surface area contributed by atoms with Crippen LogP contribution in [-0.4, -0.2) is 54.3 Å². The van der Waals surface area contributed by atoms with E-state index in [-0.39, 0.29) is 24.1 Å². The lowest BCUT2D eigenvalue weighted by molar-refractivity contribution is -0.131. The lowest BCUT2D eigenvalue weighted by Crippen LogP contribution is -2.50. The van der Waals surface area contributed by atoms with Gasteiger partial charge in [-0.25, -0.2) is 0 Å². The number of benzene rings is 1. The summed E-state index contributed by atoms with van der Waals surface area (Å²) >= 11 is 7.87. The van der Waals surface area contributed by atoms with Gasteiger partial charge in [0.05, 0.1) is 12.8 Å². The highest BCUT2D eigenvalue weighted by Gasteiger charge is 2.22. The SMILES string of the molecule is O=C(NCC(=O)N1CCN(Cc2ccc(-c3cccc(Cl)c3)s2)CC1)c1ccco1. The van der Waals surface area contributed by atoms with Crippen molar-refractivity contribution < 1.29 is 14.0 Å². The van der Waals surface area contributed by atoms with Gasteiger partial charge in [0.1, 0.15) is 0 Å². The summed E-state index contributed by atoms with van der Waals surface area (Å²) in [4.78, 5) is 30.9. The zero-order chi connectivity index (χ0) is 20.9. The highest BCUT2D eigenvalue weighted by atomic mass is 35.5. The van der Waals surface area contributed by atoms with Crippen LogP contribution in [0.1, 0.15) is 15.4 Å². The molecule has 156 valence electrons. The number of halogens is 1. The van der Waals surface area contributed by atoms with Crippen LogP contribution in [0.5, 0.6) is 0 Å². The number of furan rings is 1. The van der Waals surface area contributed by atoms with Crippen molar-refractivity contribution in [1.29, 1.82) is 0 Å². The van der Waals surface area contributed by atoms with Crippen molar-refractivity contribution in [2.45, 2.75) is 6.54 Å². The Labute approximate surface area is 184 Å². The molecular weight excluding hydrogens is 422 g/mol. The second kappa shape index (κ2) is 9.47. The topological polar surface area (TPSA) is 65.8 Å². The van der Waals surface area contributed by atoms with Crippen LogP contribution in [-0.2, 0) is 11.3 Å². The predicted molar refractivity (Wildman–Crippen MR) is 118 cm³/mol. The number of piperazine rings is 1. The van der Waals surface area contributed by atoms with E-state index in [2.05, 4.69) is 28.4 Å². The monoisotopic (exact) mass is 443 g/mol. The number of carbonyl (C=O) groups excluding carboxylic acids is 2. The summed E-state index contributed by atoms with van der Waals surface area (Å²) in [6.45, 7) is 3.77. The van der Waals surface area contributed by atoms with Gasteiger partial charge in [0.25, 0.3) is 5.91 Å². The molecule has 4 rings (SSSR count). The molecule has 6 nitrogen and oxygen atoms in total. The van der Waals surface area contributed by atoms with Crippen LogP contribution in [0.15, 0.2) is 59.2 Å². The fraction of sp³-hybridized carbons (Fsp3) is 0.273. The maximum atomic E-state index is 12.4. The van der Waals surface area contributed by atoms with E-state index in [1.165, 1.54) is 16.0 Å². The molecule has 0 spiro atoms. The van der Waals surface area contributed by atoms with Crippen molar-refractivity contribution in [3.63, 3.8) is 0 Å². The molecule has 0 unspecified atom stereocenters. The van der Waals surface area contributed by atoms with E-state index in [1.54, 1.807) is 28.4 Å². The van der Waals surface area contributed by atoms with Crippen LogP contribution < -0.4 is 5.32 Å². The van der Waals surface area contributed by atoms with Crippen molar-refractivity contribution in [2.24, 2.45) is 0 Å². The number of hydrogen-bond acceptors (Lipinski definition) is 5. The summed E-state index contributed by atoms with van der Waals surface area (Å²) in [5.41, 5.74) is 1.13.